The Hall–Kier alpha value is -1.97. The van der Waals surface area contributed by atoms with E-state index in [0.29, 0.717) is 0 Å². The van der Waals surface area contributed by atoms with Gasteiger partial charge in [0.25, 0.3) is 0 Å². The van der Waals surface area contributed by atoms with Gasteiger partial charge < -0.3 is 10.1 Å². The average molecular weight is 245 g/mol. The van der Waals surface area contributed by atoms with Crippen LogP contribution in [0.15, 0.2) is 36.5 Å². The lowest BCUT2D eigenvalue weighted by Gasteiger charge is -2.08. The van der Waals surface area contributed by atoms with Crippen molar-refractivity contribution in [2.24, 2.45) is 7.05 Å². The topological polar surface area (TPSA) is 39.1 Å². The van der Waals surface area contributed by atoms with Gasteiger partial charge in [0, 0.05) is 18.9 Å². The summed E-state index contributed by atoms with van der Waals surface area (Å²) in [6.45, 7) is 3.64. The molecule has 4 heteroatoms. The van der Waals surface area contributed by atoms with Gasteiger partial charge >= 0.3 is 0 Å². The van der Waals surface area contributed by atoms with Gasteiger partial charge in [-0.05, 0) is 36.8 Å². The van der Waals surface area contributed by atoms with Gasteiger partial charge in [0.2, 0.25) is 0 Å². The number of rotatable bonds is 6. The molecule has 0 fully saturated rings. The first-order chi connectivity index (χ1) is 8.79. The van der Waals surface area contributed by atoms with E-state index in [-0.39, 0.29) is 0 Å². The molecule has 0 saturated heterocycles. The molecule has 1 aromatic carbocycles. The highest BCUT2D eigenvalue weighted by molar-refractivity contribution is 5.46. The van der Waals surface area contributed by atoms with E-state index in [1.54, 1.807) is 6.20 Å². The van der Waals surface area contributed by atoms with E-state index in [1.165, 1.54) is 0 Å². The van der Waals surface area contributed by atoms with Crippen molar-refractivity contribution in [3.63, 3.8) is 0 Å². The fourth-order valence-corrected chi connectivity index (χ4v) is 1.66. The normalized spacial score (nSPS) is 10.3. The SMILES string of the molecule is CCCOc1ccc(NCc2ccnn2C)cc1. The summed E-state index contributed by atoms with van der Waals surface area (Å²) in [4.78, 5) is 0. The van der Waals surface area contributed by atoms with Gasteiger partial charge in [0.15, 0.2) is 0 Å². The van der Waals surface area contributed by atoms with Crippen molar-refractivity contribution in [2.45, 2.75) is 19.9 Å². The molecule has 0 bridgehead atoms. The molecule has 1 N–H and O–H groups in total. The summed E-state index contributed by atoms with van der Waals surface area (Å²) in [5.74, 6) is 0.919. The molecule has 18 heavy (non-hydrogen) atoms. The van der Waals surface area contributed by atoms with Crippen molar-refractivity contribution >= 4 is 5.69 Å². The van der Waals surface area contributed by atoms with E-state index < -0.39 is 0 Å². The standard InChI is InChI=1S/C14H19N3O/c1-3-10-18-14-6-4-12(5-7-14)15-11-13-8-9-16-17(13)2/h4-9,15H,3,10-11H2,1-2H3. The maximum atomic E-state index is 5.54. The average Bonchev–Trinajstić information content (AvgIpc) is 2.81. The van der Waals surface area contributed by atoms with Crippen LogP contribution in [-0.4, -0.2) is 16.4 Å². The van der Waals surface area contributed by atoms with Gasteiger partial charge in [-0.15, -0.1) is 0 Å². The number of nitrogens with one attached hydrogen (secondary N) is 1. The van der Waals surface area contributed by atoms with Crippen LogP contribution in [0.3, 0.4) is 0 Å². The smallest absolute Gasteiger partial charge is 0.119 e. The minimum atomic E-state index is 0.766. The molecule has 0 radical (unpaired) electrons. The van der Waals surface area contributed by atoms with Crippen molar-refractivity contribution < 1.29 is 4.74 Å². The number of anilines is 1. The number of benzene rings is 1. The number of hydrogen-bond donors (Lipinski definition) is 1. The van der Waals surface area contributed by atoms with Crippen LogP contribution in [0.25, 0.3) is 0 Å². The quantitative estimate of drug-likeness (QED) is 0.850. The van der Waals surface area contributed by atoms with Crippen LogP contribution in [-0.2, 0) is 13.6 Å². The van der Waals surface area contributed by atoms with Crippen molar-refractivity contribution in [1.29, 1.82) is 0 Å². The summed E-state index contributed by atoms with van der Waals surface area (Å²) in [6, 6.07) is 10.0. The van der Waals surface area contributed by atoms with Gasteiger partial charge in [-0.3, -0.25) is 4.68 Å². The molecule has 96 valence electrons. The first-order valence-electron chi connectivity index (χ1n) is 6.23. The largest absolute Gasteiger partial charge is 0.494 e. The van der Waals surface area contributed by atoms with Crippen molar-refractivity contribution in [3.8, 4) is 5.75 Å². The third-order valence-electron chi connectivity index (χ3n) is 2.72. The monoisotopic (exact) mass is 245 g/mol. The minimum absolute atomic E-state index is 0.766. The van der Waals surface area contributed by atoms with Crippen LogP contribution in [0, 0.1) is 0 Å². The Morgan fingerprint density at radius 3 is 2.61 bits per heavy atom. The molecule has 0 spiro atoms. The molecule has 0 aliphatic rings. The Morgan fingerprint density at radius 2 is 2.00 bits per heavy atom. The summed E-state index contributed by atoms with van der Waals surface area (Å²) in [5, 5.41) is 7.49. The highest BCUT2D eigenvalue weighted by Gasteiger charge is 1.99. The molecule has 0 unspecified atom stereocenters. The maximum Gasteiger partial charge on any atom is 0.119 e. The Kier molecular flexibility index (Phi) is 4.23. The predicted molar refractivity (Wildman–Crippen MR) is 72.8 cm³/mol. The van der Waals surface area contributed by atoms with Crippen molar-refractivity contribution in [3.05, 3.63) is 42.2 Å². The zero-order valence-corrected chi connectivity index (χ0v) is 10.9. The molecule has 4 nitrogen and oxygen atoms in total. The third-order valence-corrected chi connectivity index (χ3v) is 2.72. The number of aromatic nitrogens is 2. The first kappa shape index (κ1) is 12.5. The summed E-state index contributed by atoms with van der Waals surface area (Å²) >= 11 is 0. The van der Waals surface area contributed by atoms with Crippen molar-refractivity contribution in [2.75, 3.05) is 11.9 Å². The Labute approximate surface area is 108 Å². The van der Waals surface area contributed by atoms with Crippen LogP contribution in [0.1, 0.15) is 19.0 Å². The Balaban J connectivity index is 1.88. The summed E-state index contributed by atoms with van der Waals surface area (Å²) in [6.07, 6.45) is 2.83. The fraction of sp³-hybridized carbons (Fsp3) is 0.357. The highest BCUT2D eigenvalue weighted by Crippen LogP contribution is 2.16. The third kappa shape index (κ3) is 3.26. The molecule has 0 amide bonds. The van der Waals surface area contributed by atoms with Crippen LogP contribution < -0.4 is 10.1 Å². The molecule has 2 rings (SSSR count). The van der Waals surface area contributed by atoms with Crippen LogP contribution in [0.5, 0.6) is 5.75 Å². The predicted octanol–water partition coefficient (Wildman–Crippen LogP) is 2.82. The van der Waals surface area contributed by atoms with Crippen LogP contribution >= 0.6 is 0 Å². The molecular weight excluding hydrogens is 226 g/mol. The molecular formula is C14H19N3O. The second kappa shape index (κ2) is 6.10. The van der Waals surface area contributed by atoms with Crippen molar-refractivity contribution in [1.82, 2.24) is 9.78 Å². The van der Waals surface area contributed by atoms with E-state index in [0.717, 1.165) is 36.7 Å². The Morgan fingerprint density at radius 1 is 1.22 bits per heavy atom. The molecule has 1 aromatic heterocycles. The lowest BCUT2D eigenvalue weighted by atomic mass is 10.3. The van der Waals surface area contributed by atoms with E-state index in [2.05, 4.69) is 17.3 Å². The zero-order valence-electron chi connectivity index (χ0n) is 10.9. The lowest BCUT2D eigenvalue weighted by molar-refractivity contribution is 0.317. The lowest BCUT2D eigenvalue weighted by Crippen LogP contribution is -2.05. The Bertz CT molecular complexity index is 476. The molecule has 1 heterocycles. The van der Waals surface area contributed by atoms with Crippen LogP contribution in [0.4, 0.5) is 5.69 Å². The number of nitrogens with zero attached hydrogens (tertiary/aromatic N) is 2. The van der Waals surface area contributed by atoms with Gasteiger partial charge in [0.1, 0.15) is 5.75 Å². The van der Waals surface area contributed by atoms with Gasteiger partial charge in [-0.2, -0.15) is 5.10 Å². The second-order valence-electron chi connectivity index (χ2n) is 4.17. The summed E-state index contributed by atoms with van der Waals surface area (Å²) in [7, 11) is 1.94. The highest BCUT2D eigenvalue weighted by atomic mass is 16.5. The summed E-state index contributed by atoms with van der Waals surface area (Å²) in [5.41, 5.74) is 2.24. The molecule has 0 saturated carbocycles. The molecule has 0 atom stereocenters. The second-order valence-corrected chi connectivity index (χ2v) is 4.17. The fourth-order valence-electron chi connectivity index (χ4n) is 1.66. The molecule has 0 aliphatic carbocycles. The summed E-state index contributed by atoms with van der Waals surface area (Å²) < 4.78 is 7.40. The van der Waals surface area contributed by atoms with E-state index in [4.69, 9.17) is 4.74 Å². The number of aryl methyl sites for hydroxylation is 1. The van der Waals surface area contributed by atoms with Gasteiger partial charge in [0.05, 0.1) is 18.8 Å². The number of ether oxygens (including phenoxy) is 1. The zero-order chi connectivity index (χ0) is 12.8. The van der Waals surface area contributed by atoms with Crippen LogP contribution in [0.2, 0.25) is 0 Å². The van der Waals surface area contributed by atoms with Gasteiger partial charge in [-0.1, -0.05) is 6.92 Å². The first-order valence-corrected chi connectivity index (χ1v) is 6.23. The van der Waals surface area contributed by atoms with Gasteiger partial charge in [-0.25, -0.2) is 0 Å². The number of hydrogen-bond acceptors (Lipinski definition) is 3. The van der Waals surface area contributed by atoms with E-state index >= 15 is 0 Å². The maximum absolute atomic E-state index is 5.54. The molecule has 0 aliphatic heterocycles. The minimum Gasteiger partial charge on any atom is -0.494 e. The van der Waals surface area contributed by atoms with E-state index in [9.17, 15) is 0 Å². The van der Waals surface area contributed by atoms with E-state index in [1.807, 2.05) is 42.1 Å². The molecule has 2 aromatic rings.